The Morgan fingerprint density at radius 2 is 1.87 bits per heavy atom. The number of hydrogen-bond donors (Lipinski definition) is 0. The fraction of sp³-hybridized carbons (Fsp3) is 0.375. The third-order valence-electron chi connectivity index (χ3n) is 6.08. The van der Waals surface area contributed by atoms with Crippen LogP contribution in [0.2, 0.25) is 5.02 Å². The maximum atomic E-state index is 12.2. The van der Waals surface area contributed by atoms with Gasteiger partial charge in [0.1, 0.15) is 18.6 Å². The lowest BCUT2D eigenvalue weighted by Gasteiger charge is -2.39. The van der Waals surface area contributed by atoms with Gasteiger partial charge in [-0.15, -0.1) is 0 Å². The van der Waals surface area contributed by atoms with E-state index in [0.29, 0.717) is 11.6 Å². The van der Waals surface area contributed by atoms with E-state index in [4.69, 9.17) is 16.3 Å². The van der Waals surface area contributed by atoms with Crippen LogP contribution in [0.25, 0.3) is 11.0 Å². The number of benzene rings is 2. The minimum atomic E-state index is -0.440. The standard InChI is InChI=1S/C24H26ClN3O2/c1-2-18-3-4-19(25)15-21(18)24(17-29)7-11-28(12-8-24)13-14-30-20-5-6-22-23(16-20)27-10-9-26-22/h3-6,9-10,15-17H,2,7-8,11-14H2,1H3. The normalized spacial score (nSPS) is 16.5. The molecular formula is C24H26ClN3O2. The first-order valence-electron chi connectivity index (χ1n) is 10.4. The van der Waals surface area contributed by atoms with Crippen molar-refractivity contribution in [3.05, 3.63) is 64.9 Å². The van der Waals surface area contributed by atoms with E-state index in [1.807, 2.05) is 30.3 Å². The van der Waals surface area contributed by atoms with Gasteiger partial charge in [0, 0.05) is 30.0 Å². The Labute approximate surface area is 182 Å². The van der Waals surface area contributed by atoms with Crippen molar-refractivity contribution in [2.24, 2.45) is 0 Å². The molecule has 3 aromatic rings. The van der Waals surface area contributed by atoms with Gasteiger partial charge in [-0.25, -0.2) is 0 Å². The Morgan fingerprint density at radius 3 is 2.60 bits per heavy atom. The number of likely N-dealkylation sites (tertiary alicyclic amines) is 1. The molecule has 4 rings (SSSR count). The number of fused-ring (bicyclic) bond motifs is 1. The fourth-order valence-corrected chi connectivity index (χ4v) is 4.44. The van der Waals surface area contributed by atoms with Gasteiger partial charge in [-0.2, -0.15) is 0 Å². The zero-order chi connectivity index (χ0) is 21.0. The average Bonchev–Trinajstić information content (AvgIpc) is 2.79. The zero-order valence-corrected chi connectivity index (χ0v) is 17.9. The van der Waals surface area contributed by atoms with Gasteiger partial charge >= 0.3 is 0 Å². The van der Waals surface area contributed by atoms with Crippen LogP contribution in [0.4, 0.5) is 0 Å². The Hall–Kier alpha value is -2.50. The third kappa shape index (κ3) is 4.32. The lowest BCUT2D eigenvalue weighted by Crippen LogP contribution is -2.45. The van der Waals surface area contributed by atoms with Crippen LogP contribution < -0.4 is 4.74 Å². The number of nitrogens with zero attached hydrogens (tertiary/aromatic N) is 3. The van der Waals surface area contributed by atoms with E-state index in [9.17, 15) is 4.79 Å². The number of aldehydes is 1. The van der Waals surface area contributed by atoms with Crippen LogP contribution in [0.15, 0.2) is 48.8 Å². The summed E-state index contributed by atoms with van der Waals surface area (Å²) in [7, 11) is 0. The van der Waals surface area contributed by atoms with E-state index in [-0.39, 0.29) is 0 Å². The van der Waals surface area contributed by atoms with Crippen molar-refractivity contribution in [3.8, 4) is 5.75 Å². The lowest BCUT2D eigenvalue weighted by molar-refractivity contribution is -0.114. The highest BCUT2D eigenvalue weighted by Gasteiger charge is 2.37. The molecule has 1 saturated heterocycles. The number of carbonyl (C=O) groups excluding carboxylic acids is 1. The summed E-state index contributed by atoms with van der Waals surface area (Å²) in [5.41, 5.74) is 3.56. The van der Waals surface area contributed by atoms with Gasteiger partial charge in [0.2, 0.25) is 0 Å². The zero-order valence-electron chi connectivity index (χ0n) is 17.2. The summed E-state index contributed by atoms with van der Waals surface area (Å²) >= 11 is 6.25. The Morgan fingerprint density at radius 1 is 1.10 bits per heavy atom. The predicted octanol–water partition coefficient (Wildman–Crippen LogP) is 4.46. The summed E-state index contributed by atoms with van der Waals surface area (Å²) in [6.07, 6.45) is 7.01. The molecule has 2 aromatic carbocycles. The van der Waals surface area contributed by atoms with Crippen LogP contribution in [-0.2, 0) is 16.6 Å². The van der Waals surface area contributed by atoms with Crippen molar-refractivity contribution >= 4 is 28.9 Å². The number of carbonyl (C=O) groups is 1. The summed E-state index contributed by atoms with van der Waals surface area (Å²) in [5.74, 6) is 0.800. The molecule has 2 heterocycles. The van der Waals surface area contributed by atoms with Crippen LogP contribution in [0, 0.1) is 0 Å². The number of aryl methyl sites for hydroxylation is 1. The predicted molar refractivity (Wildman–Crippen MR) is 119 cm³/mol. The van der Waals surface area contributed by atoms with Crippen molar-refractivity contribution in [1.82, 2.24) is 14.9 Å². The number of ether oxygens (including phenoxy) is 1. The summed E-state index contributed by atoms with van der Waals surface area (Å²) in [5, 5.41) is 0.694. The quantitative estimate of drug-likeness (QED) is 0.525. The van der Waals surface area contributed by atoms with E-state index in [1.54, 1.807) is 12.4 Å². The molecule has 5 nitrogen and oxygen atoms in total. The molecule has 0 atom stereocenters. The van der Waals surface area contributed by atoms with E-state index in [0.717, 1.165) is 67.5 Å². The van der Waals surface area contributed by atoms with Crippen molar-refractivity contribution < 1.29 is 9.53 Å². The lowest BCUT2D eigenvalue weighted by atomic mass is 9.72. The molecule has 0 unspecified atom stereocenters. The molecule has 1 fully saturated rings. The second kappa shape index (κ2) is 9.11. The Bertz CT molecular complexity index is 1030. The number of rotatable bonds is 7. The molecule has 0 radical (unpaired) electrons. The molecular weight excluding hydrogens is 398 g/mol. The molecule has 1 aliphatic rings. The molecule has 0 bridgehead atoms. The minimum Gasteiger partial charge on any atom is -0.492 e. The molecule has 1 aromatic heterocycles. The van der Waals surface area contributed by atoms with E-state index in [1.165, 1.54) is 5.56 Å². The monoisotopic (exact) mass is 423 g/mol. The number of hydrogen-bond acceptors (Lipinski definition) is 5. The van der Waals surface area contributed by atoms with Crippen molar-refractivity contribution in [1.29, 1.82) is 0 Å². The first-order chi connectivity index (χ1) is 14.6. The van der Waals surface area contributed by atoms with Gasteiger partial charge in [-0.1, -0.05) is 24.6 Å². The number of aromatic nitrogens is 2. The molecule has 0 aliphatic carbocycles. The SMILES string of the molecule is CCc1ccc(Cl)cc1C1(C=O)CCN(CCOc2ccc3nccnc3c2)CC1. The topological polar surface area (TPSA) is 55.3 Å². The maximum absolute atomic E-state index is 12.2. The Kier molecular flexibility index (Phi) is 6.30. The third-order valence-corrected chi connectivity index (χ3v) is 6.32. The first kappa shape index (κ1) is 20.8. The molecule has 156 valence electrons. The van der Waals surface area contributed by atoms with Gasteiger partial charge in [0.25, 0.3) is 0 Å². The molecule has 0 saturated carbocycles. The minimum absolute atomic E-state index is 0.440. The smallest absolute Gasteiger partial charge is 0.130 e. The molecule has 0 spiro atoms. The molecule has 6 heteroatoms. The van der Waals surface area contributed by atoms with E-state index < -0.39 is 5.41 Å². The second-order valence-electron chi connectivity index (χ2n) is 7.83. The highest BCUT2D eigenvalue weighted by molar-refractivity contribution is 6.30. The Balaban J connectivity index is 1.35. The second-order valence-corrected chi connectivity index (χ2v) is 8.26. The van der Waals surface area contributed by atoms with Crippen molar-refractivity contribution in [3.63, 3.8) is 0 Å². The number of piperidine rings is 1. The van der Waals surface area contributed by atoms with E-state index >= 15 is 0 Å². The maximum Gasteiger partial charge on any atom is 0.130 e. The van der Waals surface area contributed by atoms with Crippen LogP contribution in [0.3, 0.4) is 0 Å². The van der Waals surface area contributed by atoms with E-state index in [2.05, 4.69) is 27.9 Å². The summed E-state index contributed by atoms with van der Waals surface area (Å²) in [6.45, 7) is 5.26. The van der Waals surface area contributed by atoms with Crippen LogP contribution in [0.1, 0.15) is 30.9 Å². The van der Waals surface area contributed by atoms with Crippen molar-refractivity contribution in [2.75, 3.05) is 26.2 Å². The van der Waals surface area contributed by atoms with Gasteiger partial charge in [0.15, 0.2) is 0 Å². The first-order valence-corrected chi connectivity index (χ1v) is 10.8. The van der Waals surface area contributed by atoms with Gasteiger partial charge in [0.05, 0.1) is 16.4 Å². The van der Waals surface area contributed by atoms with Crippen molar-refractivity contribution in [2.45, 2.75) is 31.6 Å². The fourth-order valence-electron chi connectivity index (χ4n) is 4.27. The summed E-state index contributed by atoms with van der Waals surface area (Å²) in [4.78, 5) is 23.1. The summed E-state index contributed by atoms with van der Waals surface area (Å²) in [6, 6.07) is 11.7. The highest BCUT2D eigenvalue weighted by Crippen LogP contribution is 2.37. The average molecular weight is 424 g/mol. The molecule has 0 N–H and O–H groups in total. The highest BCUT2D eigenvalue weighted by atomic mass is 35.5. The van der Waals surface area contributed by atoms with Gasteiger partial charge in [-0.3, -0.25) is 14.9 Å². The van der Waals surface area contributed by atoms with Crippen LogP contribution >= 0.6 is 11.6 Å². The summed E-state index contributed by atoms with van der Waals surface area (Å²) < 4.78 is 5.94. The largest absolute Gasteiger partial charge is 0.492 e. The number of halogens is 1. The molecule has 0 amide bonds. The van der Waals surface area contributed by atoms with Gasteiger partial charge < -0.3 is 9.53 Å². The molecule has 1 aliphatic heterocycles. The van der Waals surface area contributed by atoms with Gasteiger partial charge in [-0.05, 0) is 67.7 Å². The molecule has 30 heavy (non-hydrogen) atoms. The van der Waals surface area contributed by atoms with Crippen LogP contribution in [-0.4, -0.2) is 47.4 Å². The van der Waals surface area contributed by atoms with Crippen LogP contribution in [0.5, 0.6) is 5.75 Å².